The van der Waals surface area contributed by atoms with Gasteiger partial charge in [-0.05, 0) is 61.7 Å². The molecular formula is C24H46O2. The SMILES string of the molecule is CC(C)CCCC(C)CCC[C@]1(C)CCC2C(C)C(O)C(C)[C@@H](C)C2O1. The van der Waals surface area contributed by atoms with E-state index in [-0.39, 0.29) is 11.7 Å². The van der Waals surface area contributed by atoms with E-state index in [2.05, 4.69) is 48.5 Å². The number of aliphatic hydroxyl groups is 1. The molecular weight excluding hydrogens is 320 g/mol. The lowest BCUT2D eigenvalue weighted by Crippen LogP contribution is -2.56. The lowest BCUT2D eigenvalue weighted by Gasteiger charge is -2.53. The maximum absolute atomic E-state index is 10.5. The molecule has 154 valence electrons. The first-order chi connectivity index (χ1) is 12.1. The fourth-order valence-corrected chi connectivity index (χ4v) is 5.54. The molecule has 1 aliphatic carbocycles. The first-order valence-electron chi connectivity index (χ1n) is 11.5. The van der Waals surface area contributed by atoms with E-state index in [1.165, 1.54) is 44.9 Å². The van der Waals surface area contributed by atoms with Crippen LogP contribution >= 0.6 is 0 Å². The molecule has 0 bridgehead atoms. The third-order valence-corrected chi connectivity index (χ3v) is 7.83. The Hall–Kier alpha value is -0.0800. The van der Waals surface area contributed by atoms with Crippen molar-refractivity contribution in [2.24, 2.45) is 35.5 Å². The Bertz CT molecular complexity index is 420. The van der Waals surface area contributed by atoms with Crippen molar-refractivity contribution in [2.45, 2.75) is 118 Å². The van der Waals surface area contributed by atoms with Crippen molar-refractivity contribution < 1.29 is 9.84 Å². The fourth-order valence-electron chi connectivity index (χ4n) is 5.54. The van der Waals surface area contributed by atoms with Crippen LogP contribution in [0.4, 0.5) is 0 Å². The molecule has 2 fully saturated rings. The second-order valence-electron chi connectivity index (χ2n) is 10.6. The van der Waals surface area contributed by atoms with Crippen molar-refractivity contribution in [2.75, 3.05) is 0 Å². The summed E-state index contributed by atoms with van der Waals surface area (Å²) < 4.78 is 6.76. The summed E-state index contributed by atoms with van der Waals surface area (Å²) in [5.74, 6) is 3.40. The first-order valence-corrected chi connectivity index (χ1v) is 11.5. The molecule has 1 heterocycles. The Balaban J connectivity index is 1.80. The Morgan fingerprint density at radius 1 is 0.962 bits per heavy atom. The standard InChI is InChI=1S/C24H46O2/c1-16(2)10-8-11-17(3)12-9-14-24(7)15-13-21-20(6)22(25)18(4)19(5)23(21)26-24/h16-23,25H,8-15H2,1-7H3/t17?,18?,19-,20?,21?,22?,23?,24-/m1/s1. The van der Waals surface area contributed by atoms with Gasteiger partial charge in [0.1, 0.15) is 0 Å². The number of ether oxygens (including phenoxy) is 1. The highest BCUT2D eigenvalue weighted by Gasteiger charge is 2.50. The fraction of sp³-hybridized carbons (Fsp3) is 1.00. The summed E-state index contributed by atoms with van der Waals surface area (Å²) in [5.41, 5.74) is 0.0504. The van der Waals surface area contributed by atoms with Gasteiger partial charge in [0, 0.05) is 0 Å². The zero-order chi connectivity index (χ0) is 19.5. The second kappa shape index (κ2) is 9.41. The smallest absolute Gasteiger partial charge is 0.0658 e. The van der Waals surface area contributed by atoms with E-state index in [0.29, 0.717) is 29.8 Å². The summed E-state index contributed by atoms with van der Waals surface area (Å²) in [6, 6.07) is 0. The van der Waals surface area contributed by atoms with E-state index in [4.69, 9.17) is 4.74 Å². The van der Waals surface area contributed by atoms with Crippen molar-refractivity contribution in [1.29, 1.82) is 0 Å². The Labute approximate surface area is 163 Å². The summed E-state index contributed by atoms with van der Waals surface area (Å²) in [6.07, 6.45) is 10.5. The van der Waals surface area contributed by atoms with E-state index in [1.807, 2.05) is 0 Å². The lowest BCUT2D eigenvalue weighted by atomic mass is 9.63. The predicted octanol–water partition coefficient (Wildman–Crippen LogP) is 6.46. The van der Waals surface area contributed by atoms with E-state index in [9.17, 15) is 5.11 Å². The van der Waals surface area contributed by atoms with Crippen LogP contribution in [0, 0.1) is 35.5 Å². The van der Waals surface area contributed by atoms with Crippen molar-refractivity contribution in [1.82, 2.24) is 0 Å². The Morgan fingerprint density at radius 2 is 1.62 bits per heavy atom. The van der Waals surface area contributed by atoms with Crippen molar-refractivity contribution in [3.63, 3.8) is 0 Å². The number of hydrogen-bond acceptors (Lipinski definition) is 2. The third-order valence-electron chi connectivity index (χ3n) is 7.83. The van der Waals surface area contributed by atoms with Gasteiger partial charge < -0.3 is 9.84 Å². The largest absolute Gasteiger partial charge is 0.393 e. The molecule has 1 N–H and O–H groups in total. The van der Waals surface area contributed by atoms with Crippen LogP contribution in [-0.2, 0) is 4.74 Å². The summed E-state index contributed by atoms with van der Waals surface area (Å²) in [5, 5.41) is 10.5. The molecule has 2 heteroatoms. The van der Waals surface area contributed by atoms with Crippen LogP contribution in [-0.4, -0.2) is 22.9 Å². The number of fused-ring (bicyclic) bond motifs is 1. The minimum atomic E-state index is -0.161. The van der Waals surface area contributed by atoms with Gasteiger partial charge in [-0.25, -0.2) is 0 Å². The highest BCUT2D eigenvalue weighted by atomic mass is 16.5. The first kappa shape index (κ1) is 22.2. The van der Waals surface area contributed by atoms with Crippen molar-refractivity contribution in [3.05, 3.63) is 0 Å². The molecule has 26 heavy (non-hydrogen) atoms. The Morgan fingerprint density at radius 3 is 2.27 bits per heavy atom. The van der Waals surface area contributed by atoms with Gasteiger partial charge >= 0.3 is 0 Å². The van der Waals surface area contributed by atoms with Crippen LogP contribution in [0.1, 0.15) is 99.8 Å². The number of aliphatic hydroxyl groups excluding tert-OH is 1. The van der Waals surface area contributed by atoms with Gasteiger partial charge in [0.25, 0.3) is 0 Å². The van der Waals surface area contributed by atoms with Crippen LogP contribution in [0.3, 0.4) is 0 Å². The molecule has 0 radical (unpaired) electrons. The van der Waals surface area contributed by atoms with Crippen LogP contribution in [0.25, 0.3) is 0 Å². The molecule has 0 spiro atoms. The molecule has 8 atom stereocenters. The van der Waals surface area contributed by atoms with E-state index < -0.39 is 0 Å². The summed E-state index contributed by atoms with van der Waals surface area (Å²) in [7, 11) is 0. The summed E-state index contributed by atoms with van der Waals surface area (Å²) in [6.45, 7) is 16.2. The van der Waals surface area contributed by atoms with Crippen LogP contribution in [0.15, 0.2) is 0 Å². The molecule has 0 aromatic heterocycles. The molecule has 6 unspecified atom stereocenters. The molecule has 0 aromatic rings. The van der Waals surface area contributed by atoms with Crippen molar-refractivity contribution in [3.8, 4) is 0 Å². The van der Waals surface area contributed by atoms with E-state index in [0.717, 1.165) is 18.3 Å². The topological polar surface area (TPSA) is 29.5 Å². The predicted molar refractivity (Wildman–Crippen MR) is 111 cm³/mol. The molecule has 2 nitrogen and oxygen atoms in total. The van der Waals surface area contributed by atoms with Gasteiger partial charge in [-0.2, -0.15) is 0 Å². The molecule has 2 aliphatic rings. The second-order valence-corrected chi connectivity index (χ2v) is 10.6. The average Bonchev–Trinajstić information content (AvgIpc) is 2.57. The molecule has 1 saturated carbocycles. The normalized spacial score (nSPS) is 41.9. The third kappa shape index (κ3) is 5.47. The zero-order valence-electron chi connectivity index (χ0n) is 18.6. The molecule has 2 rings (SSSR count). The Kier molecular flexibility index (Phi) is 8.04. The van der Waals surface area contributed by atoms with Gasteiger partial charge in [0.05, 0.1) is 17.8 Å². The number of hydrogen-bond donors (Lipinski definition) is 1. The zero-order valence-corrected chi connectivity index (χ0v) is 18.6. The molecule has 1 saturated heterocycles. The summed E-state index contributed by atoms with van der Waals surface area (Å²) in [4.78, 5) is 0. The van der Waals surface area contributed by atoms with Gasteiger partial charge in [-0.1, -0.05) is 73.6 Å². The molecule has 0 amide bonds. The maximum Gasteiger partial charge on any atom is 0.0658 e. The molecule has 1 aliphatic heterocycles. The van der Waals surface area contributed by atoms with E-state index in [1.54, 1.807) is 0 Å². The lowest BCUT2D eigenvalue weighted by molar-refractivity contribution is -0.216. The van der Waals surface area contributed by atoms with Gasteiger partial charge in [-0.15, -0.1) is 0 Å². The highest BCUT2D eigenvalue weighted by Crippen LogP contribution is 2.48. The average molecular weight is 367 g/mol. The van der Waals surface area contributed by atoms with Gasteiger partial charge in [-0.3, -0.25) is 0 Å². The monoisotopic (exact) mass is 366 g/mol. The molecule has 0 aromatic carbocycles. The van der Waals surface area contributed by atoms with Crippen LogP contribution in [0.2, 0.25) is 0 Å². The van der Waals surface area contributed by atoms with E-state index >= 15 is 0 Å². The van der Waals surface area contributed by atoms with Crippen molar-refractivity contribution >= 4 is 0 Å². The van der Waals surface area contributed by atoms with Gasteiger partial charge in [0.2, 0.25) is 0 Å². The van der Waals surface area contributed by atoms with Gasteiger partial charge in [0.15, 0.2) is 0 Å². The maximum atomic E-state index is 10.5. The quantitative estimate of drug-likeness (QED) is 0.534. The van der Waals surface area contributed by atoms with Crippen LogP contribution in [0.5, 0.6) is 0 Å². The minimum Gasteiger partial charge on any atom is -0.393 e. The highest BCUT2D eigenvalue weighted by molar-refractivity contribution is 4.98. The minimum absolute atomic E-state index is 0.0504. The van der Waals surface area contributed by atoms with Crippen LogP contribution < -0.4 is 0 Å². The number of rotatable bonds is 8. The summed E-state index contributed by atoms with van der Waals surface area (Å²) >= 11 is 0.